The minimum Gasteiger partial charge on any atom is -0.497 e. The number of rotatable bonds is 10. The van der Waals surface area contributed by atoms with Gasteiger partial charge in [-0.15, -0.1) is 0 Å². The van der Waals surface area contributed by atoms with Crippen molar-refractivity contribution in [3.05, 3.63) is 102 Å². The molecule has 1 unspecified atom stereocenters. The number of nitrogens with zero attached hydrogens (tertiary/aromatic N) is 2. The summed E-state index contributed by atoms with van der Waals surface area (Å²) in [5.41, 5.74) is 3.37. The van der Waals surface area contributed by atoms with E-state index in [4.69, 9.17) is 4.74 Å². The molecule has 4 aromatic rings. The van der Waals surface area contributed by atoms with Crippen LogP contribution in [-0.4, -0.2) is 35.5 Å². The average molecular weight is 472 g/mol. The van der Waals surface area contributed by atoms with Gasteiger partial charge in [0.2, 0.25) is 0 Å². The van der Waals surface area contributed by atoms with Gasteiger partial charge in [0, 0.05) is 42.3 Å². The average Bonchev–Trinajstić information content (AvgIpc) is 2.89. The van der Waals surface area contributed by atoms with Gasteiger partial charge in [0.1, 0.15) is 11.6 Å². The third-order valence-corrected chi connectivity index (χ3v) is 5.98. The zero-order valence-electron chi connectivity index (χ0n) is 20.1. The topological polar surface area (TPSA) is 54.5 Å². The smallest absolute Gasteiger partial charge is 0.254 e. The van der Waals surface area contributed by atoms with Gasteiger partial charge in [0.15, 0.2) is 0 Å². The maximum atomic E-state index is 13.4. The third-order valence-electron chi connectivity index (χ3n) is 5.98. The molecule has 1 heterocycles. The fraction of sp³-hybridized carbons (Fsp3) is 0.241. The standard InChI is InChI=1S/C29H30FN3O2/c1-21(32-27-19-26(35-2)18-24-11-6-16-31-28(24)27)8-7-17-33(20-22-12-14-25(30)15-13-22)29(34)23-9-4-3-5-10-23/h3-6,9-16,18-19,21,32H,7-8,17,20H2,1-2H3. The first-order valence-corrected chi connectivity index (χ1v) is 11.8. The van der Waals surface area contributed by atoms with E-state index in [-0.39, 0.29) is 17.8 Å². The number of pyridine rings is 1. The Bertz CT molecular complexity index is 1260. The van der Waals surface area contributed by atoms with Crippen LogP contribution in [0.5, 0.6) is 5.75 Å². The summed E-state index contributed by atoms with van der Waals surface area (Å²) in [6, 6.07) is 23.6. The van der Waals surface area contributed by atoms with Crippen LogP contribution in [0.4, 0.5) is 10.1 Å². The third kappa shape index (κ3) is 6.35. The number of amides is 1. The monoisotopic (exact) mass is 471 g/mol. The number of benzene rings is 3. The Balaban J connectivity index is 1.42. The number of methoxy groups -OCH3 is 1. The molecule has 0 saturated carbocycles. The summed E-state index contributed by atoms with van der Waals surface area (Å²) in [6.07, 6.45) is 3.45. The molecule has 1 amide bonds. The predicted molar refractivity (Wildman–Crippen MR) is 138 cm³/mol. The molecule has 0 aliphatic carbocycles. The maximum absolute atomic E-state index is 13.4. The van der Waals surface area contributed by atoms with Crippen molar-refractivity contribution in [1.29, 1.82) is 0 Å². The Kier molecular flexibility index (Phi) is 7.93. The molecule has 4 rings (SSSR count). The molecule has 0 fully saturated rings. The first kappa shape index (κ1) is 24.2. The zero-order chi connectivity index (χ0) is 24.6. The lowest BCUT2D eigenvalue weighted by atomic mass is 10.1. The molecular formula is C29H30FN3O2. The van der Waals surface area contributed by atoms with Crippen molar-refractivity contribution in [1.82, 2.24) is 9.88 Å². The Morgan fingerprint density at radius 3 is 2.57 bits per heavy atom. The maximum Gasteiger partial charge on any atom is 0.254 e. The minimum atomic E-state index is -0.283. The summed E-state index contributed by atoms with van der Waals surface area (Å²) in [7, 11) is 1.66. The number of hydrogen-bond acceptors (Lipinski definition) is 4. The number of aromatic nitrogens is 1. The molecule has 0 spiro atoms. The molecule has 1 N–H and O–H groups in total. The quantitative estimate of drug-likeness (QED) is 0.295. The van der Waals surface area contributed by atoms with Crippen molar-refractivity contribution >= 4 is 22.5 Å². The molecule has 6 heteroatoms. The lowest BCUT2D eigenvalue weighted by Gasteiger charge is -2.24. The van der Waals surface area contributed by atoms with Gasteiger partial charge < -0.3 is 15.0 Å². The number of nitrogens with one attached hydrogen (secondary N) is 1. The van der Waals surface area contributed by atoms with Crippen LogP contribution in [0, 0.1) is 5.82 Å². The first-order valence-electron chi connectivity index (χ1n) is 11.8. The fourth-order valence-corrected chi connectivity index (χ4v) is 4.14. The summed E-state index contributed by atoms with van der Waals surface area (Å²) < 4.78 is 18.8. The number of fused-ring (bicyclic) bond motifs is 1. The molecule has 0 saturated heterocycles. The van der Waals surface area contributed by atoms with Crippen molar-refractivity contribution in [2.75, 3.05) is 19.0 Å². The molecule has 0 radical (unpaired) electrons. The molecule has 1 atom stereocenters. The normalized spacial score (nSPS) is 11.7. The Hall–Kier alpha value is -3.93. The van der Waals surface area contributed by atoms with E-state index in [1.54, 1.807) is 25.4 Å². The molecule has 5 nitrogen and oxygen atoms in total. The van der Waals surface area contributed by atoms with Gasteiger partial charge in [-0.2, -0.15) is 0 Å². The number of halogens is 1. The summed E-state index contributed by atoms with van der Waals surface area (Å²) >= 11 is 0. The van der Waals surface area contributed by atoms with E-state index >= 15 is 0 Å². The van der Waals surface area contributed by atoms with Crippen molar-refractivity contribution in [2.24, 2.45) is 0 Å². The van der Waals surface area contributed by atoms with E-state index in [1.165, 1.54) is 12.1 Å². The highest BCUT2D eigenvalue weighted by Gasteiger charge is 2.17. The van der Waals surface area contributed by atoms with Crippen molar-refractivity contribution in [3.63, 3.8) is 0 Å². The number of carbonyl (C=O) groups excluding carboxylic acids is 1. The molecule has 3 aromatic carbocycles. The Morgan fingerprint density at radius 2 is 1.83 bits per heavy atom. The summed E-state index contributed by atoms with van der Waals surface area (Å²) in [5, 5.41) is 4.58. The van der Waals surface area contributed by atoms with Gasteiger partial charge in [-0.25, -0.2) is 4.39 Å². The molecule has 35 heavy (non-hydrogen) atoms. The van der Waals surface area contributed by atoms with E-state index in [9.17, 15) is 9.18 Å². The van der Waals surface area contributed by atoms with E-state index in [0.717, 1.165) is 40.7 Å². The van der Waals surface area contributed by atoms with Crippen molar-refractivity contribution in [3.8, 4) is 5.75 Å². The SMILES string of the molecule is COc1cc(NC(C)CCCN(Cc2ccc(F)cc2)C(=O)c2ccccc2)c2ncccc2c1. The molecule has 180 valence electrons. The van der Waals surface area contributed by atoms with Crippen LogP contribution in [0.1, 0.15) is 35.7 Å². The van der Waals surface area contributed by atoms with Crippen LogP contribution < -0.4 is 10.1 Å². The lowest BCUT2D eigenvalue weighted by molar-refractivity contribution is 0.0739. The Morgan fingerprint density at radius 1 is 1.06 bits per heavy atom. The van der Waals surface area contributed by atoms with E-state index < -0.39 is 0 Å². The molecule has 1 aromatic heterocycles. The fourth-order valence-electron chi connectivity index (χ4n) is 4.14. The highest BCUT2D eigenvalue weighted by molar-refractivity contribution is 5.94. The number of hydrogen-bond donors (Lipinski definition) is 1. The van der Waals surface area contributed by atoms with Gasteiger partial charge in [0.25, 0.3) is 5.91 Å². The van der Waals surface area contributed by atoms with E-state index in [1.807, 2.05) is 59.5 Å². The second kappa shape index (κ2) is 11.5. The highest BCUT2D eigenvalue weighted by Crippen LogP contribution is 2.28. The van der Waals surface area contributed by atoms with Gasteiger partial charge in [-0.05, 0) is 61.7 Å². The lowest BCUT2D eigenvalue weighted by Crippen LogP contribution is -2.32. The molecule has 0 bridgehead atoms. The van der Waals surface area contributed by atoms with Crippen molar-refractivity contribution in [2.45, 2.75) is 32.4 Å². The van der Waals surface area contributed by atoms with Crippen LogP contribution in [-0.2, 0) is 6.54 Å². The van der Waals surface area contributed by atoms with Gasteiger partial charge in [-0.3, -0.25) is 9.78 Å². The number of carbonyl (C=O) groups is 1. The van der Waals surface area contributed by atoms with Gasteiger partial charge in [-0.1, -0.05) is 36.4 Å². The molecule has 0 aliphatic heterocycles. The first-order chi connectivity index (χ1) is 17.0. The minimum absolute atomic E-state index is 0.0291. The highest BCUT2D eigenvalue weighted by atomic mass is 19.1. The van der Waals surface area contributed by atoms with Crippen LogP contribution in [0.3, 0.4) is 0 Å². The zero-order valence-corrected chi connectivity index (χ0v) is 20.1. The van der Waals surface area contributed by atoms with Gasteiger partial charge >= 0.3 is 0 Å². The van der Waals surface area contributed by atoms with Crippen LogP contribution in [0.2, 0.25) is 0 Å². The van der Waals surface area contributed by atoms with E-state index in [2.05, 4.69) is 17.2 Å². The Labute approximate surface area is 205 Å². The number of anilines is 1. The largest absolute Gasteiger partial charge is 0.497 e. The molecular weight excluding hydrogens is 441 g/mol. The van der Waals surface area contributed by atoms with E-state index in [0.29, 0.717) is 18.7 Å². The van der Waals surface area contributed by atoms with Crippen LogP contribution in [0.15, 0.2) is 85.1 Å². The molecule has 0 aliphatic rings. The van der Waals surface area contributed by atoms with Crippen LogP contribution in [0.25, 0.3) is 10.9 Å². The second-order valence-corrected chi connectivity index (χ2v) is 8.66. The van der Waals surface area contributed by atoms with Crippen molar-refractivity contribution < 1.29 is 13.9 Å². The summed E-state index contributed by atoms with van der Waals surface area (Å²) in [6.45, 7) is 3.14. The van der Waals surface area contributed by atoms with Gasteiger partial charge in [0.05, 0.1) is 18.3 Å². The second-order valence-electron chi connectivity index (χ2n) is 8.66. The van der Waals surface area contributed by atoms with Crippen LogP contribution >= 0.6 is 0 Å². The number of ether oxygens (including phenoxy) is 1. The predicted octanol–water partition coefficient (Wildman–Crippen LogP) is 6.31. The summed E-state index contributed by atoms with van der Waals surface area (Å²) in [5.74, 6) is 0.465. The summed E-state index contributed by atoms with van der Waals surface area (Å²) in [4.78, 5) is 19.6.